The van der Waals surface area contributed by atoms with E-state index in [2.05, 4.69) is 15.9 Å². The van der Waals surface area contributed by atoms with Crippen LogP contribution in [0.5, 0.6) is 11.8 Å². The second-order valence-corrected chi connectivity index (χ2v) is 7.13. The maximum atomic E-state index is 13.1. The molecule has 0 saturated carbocycles. The van der Waals surface area contributed by atoms with Crippen LogP contribution in [0.2, 0.25) is 0 Å². The number of hydrogen-bond acceptors (Lipinski definition) is 2. The summed E-state index contributed by atoms with van der Waals surface area (Å²) in [5.74, 6) is -0.337. The van der Waals surface area contributed by atoms with Crippen molar-refractivity contribution in [2.45, 2.75) is 31.4 Å². The maximum absolute atomic E-state index is 13.1. The molecule has 0 spiro atoms. The number of rotatable bonds is 1. The van der Waals surface area contributed by atoms with Gasteiger partial charge < -0.3 is 10.2 Å². The Hall–Kier alpha value is -1.89. The highest BCUT2D eigenvalue weighted by Gasteiger charge is 2.44. The Kier molecular flexibility index (Phi) is 3.13. The number of benzene rings is 1. The van der Waals surface area contributed by atoms with Gasteiger partial charge in [-0.1, -0.05) is 27.6 Å². The van der Waals surface area contributed by atoms with Gasteiger partial charge in [0.1, 0.15) is 0 Å². The van der Waals surface area contributed by atoms with E-state index in [-0.39, 0.29) is 33.8 Å². The standard InChI is InChI=1S/C17H13BrF3NO2/c1-7-4-8-5-10(7)14-13(8)15(23)22(16(14)24)9-2-3-12(18)11(6-9)17(19,20)21/h2-4,6,8,10,23-24H,5H2,1H3. The Bertz CT molecular complexity index is 898. The maximum Gasteiger partial charge on any atom is 0.417 e. The van der Waals surface area contributed by atoms with Crippen molar-refractivity contribution in [3.63, 3.8) is 0 Å². The molecule has 126 valence electrons. The summed E-state index contributed by atoms with van der Waals surface area (Å²) in [5.41, 5.74) is 1.59. The van der Waals surface area contributed by atoms with E-state index in [0.717, 1.165) is 22.6 Å². The van der Waals surface area contributed by atoms with Gasteiger partial charge in [-0.25, -0.2) is 0 Å². The van der Waals surface area contributed by atoms with Crippen LogP contribution >= 0.6 is 15.9 Å². The van der Waals surface area contributed by atoms with Gasteiger partial charge in [0, 0.05) is 27.4 Å². The van der Waals surface area contributed by atoms with Crippen molar-refractivity contribution in [2.24, 2.45) is 0 Å². The number of halogens is 4. The van der Waals surface area contributed by atoms with E-state index >= 15 is 0 Å². The molecule has 1 heterocycles. The average molecular weight is 400 g/mol. The molecule has 4 rings (SSSR count). The van der Waals surface area contributed by atoms with Crippen molar-refractivity contribution < 1.29 is 23.4 Å². The first kappa shape index (κ1) is 15.6. The molecule has 0 saturated heterocycles. The molecule has 0 fully saturated rings. The van der Waals surface area contributed by atoms with Crippen LogP contribution < -0.4 is 0 Å². The molecular weight excluding hydrogens is 387 g/mol. The zero-order chi connectivity index (χ0) is 17.4. The highest BCUT2D eigenvalue weighted by Crippen LogP contribution is 2.59. The van der Waals surface area contributed by atoms with Crippen LogP contribution in [0.15, 0.2) is 34.3 Å². The van der Waals surface area contributed by atoms with Crippen LogP contribution in [-0.4, -0.2) is 14.8 Å². The third-order valence-corrected chi connectivity index (χ3v) is 5.62. The Morgan fingerprint density at radius 1 is 1.17 bits per heavy atom. The molecular formula is C17H13BrF3NO2. The summed E-state index contributed by atoms with van der Waals surface area (Å²) in [7, 11) is 0. The second-order valence-electron chi connectivity index (χ2n) is 6.28. The van der Waals surface area contributed by atoms with Crippen LogP contribution in [0.4, 0.5) is 13.2 Å². The monoisotopic (exact) mass is 399 g/mol. The fraction of sp³-hybridized carbons (Fsp3) is 0.294. The number of fused-ring (bicyclic) bond motifs is 5. The summed E-state index contributed by atoms with van der Waals surface area (Å²) in [6.07, 6.45) is -1.70. The molecule has 0 amide bonds. The molecule has 0 radical (unpaired) electrons. The number of nitrogens with zero attached hydrogens (tertiary/aromatic N) is 1. The minimum absolute atomic E-state index is 0.00897. The average Bonchev–Trinajstić information content (AvgIpc) is 3.10. The zero-order valence-electron chi connectivity index (χ0n) is 12.5. The van der Waals surface area contributed by atoms with Crippen LogP contribution in [0.25, 0.3) is 5.69 Å². The first-order chi connectivity index (χ1) is 11.2. The predicted octanol–water partition coefficient (Wildman–Crippen LogP) is 5.20. The Labute approximate surface area is 144 Å². The molecule has 2 atom stereocenters. The number of aromatic hydroxyl groups is 2. The molecule has 3 nitrogen and oxygen atoms in total. The third kappa shape index (κ3) is 1.97. The van der Waals surface area contributed by atoms with Crippen molar-refractivity contribution in [1.29, 1.82) is 0 Å². The summed E-state index contributed by atoms with van der Waals surface area (Å²) >= 11 is 2.89. The second kappa shape index (κ2) is 4.81. The summed E-state index contributed by atoms with van der Waals surface area (Å²) in [4.78, 5) is 0. The lowest BCUT2D eigenvalue weighted by Gasteiger charge is -2.14. The van der Waals surface area contributed by atoms with Gasteiger partial charge in [-0.2, -0.15) is 13.2 Å². The van der Waals surface area contributed by atoms with Crippen LogP contribution in [0, 0.1) is 0 Å². The number of alkyl halides is 3. The van der Waals surface area contributed by atoms with Crippen molar-refractivity contribution in [1.82, 2.24) is 4.57 Å². The van der Waals surface area contributed by atoms with E-state index in [1.54, 1.807) is 0 Å². The molecule has 2 aliphatic rings. The van der Waals surface area contributed by atoms with E-state index in [0.29, 0.717) is 11.1 Å². The quantitative estimate of drug-likeness (QED) is 0.647. The van der Waals surface area contributed by atoms with Gasteiger partial charge in [0.25, 0.3) is 0 Å². The van der Waals surface area contributed by atoms with Gasteiger partial charge in [0.15, 0.2) is 0 Å². The first-order valence-electron chi connectivity index (χ1n) is 7.42. The third-order valence-electron chi connectivity index (χ3n) is 4.93. The zero-order valence-corrected chi connectivity index (χ0v) is 14.1. The minimum atomic E-state index is -4.53. The van der Waals surface area contributed by atoms with E-state index in [1.165, 1.54) is 12.1 Å². The van der Waals surface area contributed by atoms with Gasteiger partial charge in [-0.05, 0) is 31.5 Å². The Morgan fingerprint density at radius 2 is 1.83 bits per heavy atom. The molecule has 2 aliphatic carbocycles. The molecule has 2 unspecified atom stereocenters. The van der Waals surface area contributed by atoms with Crippen LogP contribution in [-0.2, 0) is 6.18 Å². The van der Waals surface area contributed by atoms with E-state index in [1.807, 2.05) is 13.0 Å². The smallest absolute Gasteiger partial charge is 0.417 e. The highest BCUT2D eigenvalue weighted by molar-refractivity contribution is 9.10. The molecule has 7 heteroatoms. The van der Waals surface area contributed by atoms with Gasteiger partial charge in [-0.15, -0.1) is 0 Å². The topological polar surface area (TPSA) is 45.4 Å². The summed E-state index contributed by atoms with van der Waals surface area (Å²) in [6, 6.07) is 3.61. The summed E-state index contributed by atoms with van der Waals surface area (Å²) in [6.45, 7) is 1.96. The lowest BCUT2D eigenvalue weighted by molar-refractivity contribution is -0.138. The lowest BCUT2D eigenvalue weighted by atomic mass is 9.95. The summed E-state index contributed by atoms with van der Waals surface area (Å²) in [5, 5.41) is 21.1. The first-order valence-corrected chi connectivity index (χ1v) is 8.21. The molecule has 2 aromatic rings. The highest BCUT2D eigenvalue weighted by atomic mass is 79.9. The molecule has 24 heavy (non-hydrogen) atoms. The van der Waals surface area contributed by atoms with Crippen LogP contribution in [0.1, 0.15) is 41.9 Å². The molecule has 2 N–H and O–H groups in total. The van der Waals surface area contributed by atoms with Gasteiger partial charge in [-0.3, -0.25) is 4.57 Å². The van der Waals surface area contributed by atoms with E-state index < -0.39 is 11.7 Å². The minimum Gasteiger partial charge on any atom is -0.494 e. The normalized spacial score (nSPS) is 22.0. The Balaban J connectivity index is 1.91. The summed E-state index contributed by atoms with van der Waals surface area (Å²) < 4.78 is 40.4. The molecule has 0 aliphatic heterocycles. The van der Waals surface area contributed by atoms with Gasteiger partial charge >= 0.3 is 6.18 Å². The van der Waals surface area contributed by atoms with E-state index in [9.17, 15) is 23.4 Å². The lowest BCUT2D eigenvalue weighted by Crippen LogP contribution is -2.07. The number of hydrogen-bond donors (Lipinski definition) is 2. The van der Waals surface area contributed by atoms with Gasteiger partial charge in [0.05, 0.1) is 11.3 Å². The SMILES string of the molecule is CC1=CC2CC1c1c2c(O)n(-c2ccc(Br)c(C(F)(F)F)c2)c1O. The molecule has 1 aromatic carbocycles. The predicted molar refractivity (Wildman–Crippen MR) is 85.7 cm³/mol. The van der Waals surface area contributed by atoms with Crippen LogP contribution in [0.3, 0.4) is 0 Å². The fourth-order valence-corrected chi connectivity index (χ4v) is 4.36. The van der Waals surface area contributed by atoms with Crippen molar-refractivity contribution in [3.05, 3.63) is 51.0 Å². The van der Waals surface area contributed by atoms with Crippen molar-refractivity contribution >= 4 is 15.9 Å². The number of aromatic nitrogens is 1. The largest absolute Gasteiger partial charge is 0.494 e. The number of allylic oxidation sites excluding steroid dienone is 2. The van der Waals surface area contributed by atoms with Gasteiger partial charge in [0.2, 0.25) is 11.8 Å². The van der Waals surface area contributed by atoms with E-state index in [4.69, 9.17) is 0 Å². The molecule has 2 bridgehead atoms. The Morgan fingerprint density at radius 3 is 2.50 bits per heavy atom. The van der Waals surface area contributed by atoms with Crippen molar-refractivity contribution in [2.75, 3.05) is 0 Å². The van der Waals surface area contributed by atoms with Crippen molar-refractivity contribution in [3.8, 4) is 17.4 Å². The molecule has 1 aromatic heterocycles. The fourth-order valence-electron chi connectivity index (χ4n) is 3.89.